The topological polar surface area (TPSA) is 74.8 Å². The van der Waals surface area contributed by atoms with Gasteiger partial charge in [0.1, 0.15) is 5.82 Å². The Morgan fingerprint density at radius 2 is 1.80 bits per heavy atom. The van der Waals surface area contributed by atoms with Crippen molar-refractivity contribution >= 4 is 15.7 Å². The van der Waals surface area contributed by atoms with E-state index in [1.165, 1.54) is 6.20 Å². The summed E-state index contributed by atoms with van der Waals surface area (Å²) in [6.07, 6.45) is 2.87. The van der Waals surface area contributed by atoms with Crippen LogP contribution in [0, 0.1) is 6.92 Å². The molecule has 0 unspecified atom stereocenters. The zero-order valence-corrected chi connectivity index (χ0v) is 12.7. The lowest BCUT2D eigenvalue weighted by atomic mass is 10.0. The number of hydrogen-bond acceptors (Lipinski definition) is 3. The summed E-state index contributed by atoms with van der Waals surface area (Å²) in [6.45, 7) is 5.73. The summed E-state index contributed by atoms with van der Waals surface area (Å²) in [5, 5.41) is 0.0861. The molecule has 108 valence electrons. The van der Waals surface area contributed by atoms with Crippen LogP contribution in [0.4, 0.5) is 5.69 Å². The highest BCUT2D eigenvalue weighted by Crippen LogP contribution is 2.25. The number of aromatic nitrogens is 2. The number of benzene rings is 1. The normalized spacial score (nSPS) is 11.6. The van der Waals surface area contributed by atoms with E-state index in [0.717, 1.165) is 24.0 Å². The fourth-order valence-electron chi connectivity index (χ4n) is 2.10. The minimum absolute atomic E-state index is 0.0861. The smallest absolute Gasteiger partial charge is 0.279 e. The molecule has 0 atom stereocenters. The minimum Gasteiger partial charge on any atom is -0.332 e. The fourth-order valence-corrected chi connectivity index (χ4v) is 3.21. The van der Waals surface area contributed by atoms with Crippen molar-refractivity contribution in [2.75, 3.05) is 4.72 Å². The first-order chi connectivity index (χ1) is 9.47. The molecule has 0 radical (unpaired) electrons. The van der Waals surface area contributed by atoms with Crippen LogP contribution in [-0.2, 0) is 22.9 Å². The Balaban J connectivity index is 2.43. The molecule has 2 N–H and O–H groups in total. The number of aryl methyl sites for hydroxylation is 3. The monoisotopic (exact) mass is 293 g/mol. The second-order valence-electron chi connectivity index (χ2n) is 4.60. The molecule has 6 heteroatoms. The maximum Gasteiger partial charge on any atom is 0.279 e. The molecule has 5 nitrogen and oxygen atoms in total. The van der Waals surface area contributed by atoms with Crippen molar-refractivity contribution in [1.29, 1.82) is 0 Å². The zero-order valence-electron chi connectivity index (χ0n) is 11.9. The van der Waals surface area contributed by atoms with Crippen molar-refractivity contribution in [3.8, 4) is 0 Å². The third-order valence-corrected chi connectivity index (χ3v) is 4.46. The van der Waals surface area contributed by atoms with Gasteiger partial charge >= 0.3 is 0 Å². The summed E-state index contributed by atoms with van der Waals surface area (Å²) in [4.78, 5) is 6.68. The number of rotatable bonds is 5. The average Bonchev–Trinajstić information content (AvgIpc) is 2.86. The molecule has 2 rings (SSSR count). The van der Waals surface area contributed by atoms with Crippen molar-refractivity contribution in [3.63, 3.8) is 0 Å². The molecule has 20 heavy (non-hydrogen) atoms. The van der Waals surface area contributed by atoms with Crippen LogP contribution in [0.2, 0.25) is 0 Å². The van der Waals surface area contributed by atoms with Gasteiger partial charge in [-0.05, 0) is 30.9 Å². The van der Waals surface area contributed by atoms with Gasteiger partial charge in [-0.2, -0.15) is 8.42 Å². The van der Waals surface area contributed by atoms with E-state index in [2.05, 4.69) is 14.7 Å². The van der Waals surface area contributed by atoms with E-state index in [1.54, 1.807) is 6.92 Å². The first-order valence-corrected chi connectivity index (χ1v) is 8.11. The quantitative estimate of drug-likeness (QED) is 0.890. The van der Waals surface area contributed by atoms with Gasteiger partial charge in [-0.3, -0.25) is 4.72 Å². The van der Waals surface area contributed by atoms with Crippen molar-refractivity contribution in [2.24, 2.45) is 0 Å². The maximum absolute atomic E-state index is 12.4. The lowest BCUT2D eigenvalue weighted by molar-refractivity contribution is 0.598. The van der Waals surface area contributed by atoms with Gasteiger partial charge in [-0.1, -0.05) is 32.0 Å². The SMILES string of the molecule is CCc1cccc(CC)c1NS(=O)(=O)c1cnc(C)[nH]1. The van der Waals surface area contributed by atoms with Crippen LogP contribution >= 0.6 is 0 Å². The Morgan fingerprint density at radius 3 is 2.25 bits per heavy atom. The number of anilines is 1. The van der Waals surface area contributed by atoms with Crippen molar-refractivity contribution < 1.29 is 8.42 Å². The number of imidazole rings is 1. The zero-order chi connectivity index (χ0) is 14.8. The van der Waals surface area contributed by atoms with Gasteiger partial charge in [0.05, 0.1) is 11.9 Å². The van der Waals surface area contributed by atoms with Crippen LogP contribution in [0.5, 0.6) is 0 Å². The maximum atomic E-state index is 12.4. The van der Waals surface area contributed by atoms with E-state index in [-0.39, 0.29) is 5.03 Å². The molecule has 2 aromatic rings. The van der Waals surface area contributed by atoms with E-state index in [1.807, 2.05) is 32.0 Å². The number of aromatic amines is 1. The molecule has 1 aromatic carbocycles. The van der Waals surface area contributed by atoms with Gasteiger partial charge in [0.15, 0.2) is 5.03 Å². The largest absolute Gasteiger partial charge is 0.332 e. The number of hydrogen-bond donors (Lipinski definition) is 2. The van der Waals surface area contributed by atoms with E-state index in [0.29, 0.717) is 11.5 Å². The summed E-state index contributed by atoms with van der Waals surface area (Å²) in [6, 6.07) is 5.83. The Hall–Kier alpha value is -1.82. The van der Waals surface area contributed by atoms with E-state index in [4.69, 9.17) is 0 Å². The van der Waals surface area contributed by atoms with Gasteiger partial charge in [0.25, 0.3) is 10.0 Å². The highest BCUT2D eigenvalue weighted by atomic mass is 32.2. The molecule has 0 bridgehead atoms. The molecule has 0 amide bonds. The molecule has 0 fully saturated rings. The Kier molecular flexibility index (Phi) is 4.13. The van der Waals surface area contributed by atoms with Crippen LogP contribution in [0.1, 0.15) is 30.8 Å². The molecule has 0 aliphatic heterocycles. The van der Waals surface area contributed by atoms with E-state index >= 15 is 0 Å². The van der Waals surface area contributed by atoms with Gasteiger partial charge < -0.3 is 4.98 Å². The summed E-state index contributed by atoms with van der Waals surface area (Å²) in [5.74, 6) is 0.574. The number of para-hydroxylation sites is 1. The van der Waals surface area contributed by atoms with Crippen molar-refractivity contribution in [2.45, 2.75) is 38.6 Å². The summed E-state index contributed by atoms with van der Waals surface area (Å²) in [7, 11) is -3.63. The minimum atomic E-state index is -3.63. The summed E-state index contributed by atoms with van der Waals surface area (Å²) in [5.41, 5.74) is 2.66. The fraction of sp³-hybridized carbons (Fsp3) is 0.357. The first-order valence-electron chi connectivity index (χ1n) is 6.63. The highest BCUT2D eigenvalue weighted by Gasteiger charge is 2.19. The van der Waals surface area contributed by atoms with Gasteiger partial charge in [0.2, 0.25) is 0 Å². The van der Waals surface area contributed by atoms with E-state index in [9.17, 15) is 8.42 Å². The molecule has 0 aliphatic carbocycles. The first kappa shape index (κ1) is 14.6. The second-order valence-corrected chi connectivity index (χ2v) is 6.25. The summed E-state index contributed by atoms with van der Waals surface area (Å²) < 4.78 is 27.4. The van der Waals surface area contributed by atoms with Crippen LogP contribution in [0.15, 0.2) is 29.4 Å². The van der Waals surface area contributed by atoms with Crippen molar-refractivity contribution in [3.05, 3.63) is 41.3 Å². The summed E-state index contributed by atoms with van der Waals surface area (Å²) >= 11 is 0. The Bertz CT molecular complexity index is 683. The molecular weight excluding hydrogens is 274 g/mol. The molecule has 0 saturated heterocycles. The van der Waals surface area contributed by atoms with Crippen LogP contribution in [0.25, 0.3) is 0 Å². The molecular formula is C14H19N3O2S. The van der Waals surface area contributed by atoms with Crippen molar-refractivity contribution in [1.82, 2.24) is 9.97 Å². The van der Waals surface area contributed by atoms with Crippen LogP contribution in [-0.4, -0.2) is 18.4 Å². The lowest BCUT2D eigenvalue weighted by Crippen LogP contribution is -2.16. The van der Waals surface area contributed by atoms with Gasteiger partial charge in [-0.15, -0.1) is 0 Å². The molecule has 0 saturated carbocycles. The van der Waals surface area contributed by atoms with E-state index < -0.39 is 10.0 Å². The predicted molar refractivity (Wildman–Crippen MR) is 79.3 cm³/mol. The highest BCUT2D eigenvalue weighted by molar-refractivity contribution is 7.92. The van der Waals surface area contributed by atoms with Crippen LogP contribution in [0.3, 0.4) is 0 Å². The van der Waals surface area contributed by atoms with Crippen LogP contribution < -0.4 is 4.72 Å². The van der Waals surface area contributed by atoms with Gasteiger partial charge in [0, 0.05) is 0 Å². The number of nitrogens with one attached hydrogen (secondary N) is 2. The number of sulfonamides is 1. The van der Waals surface area contributed by atoms with Gasteiger partial charge in [-0.25, -0.2) is 4.98 Å². The third-order valence-electron chi connectivity index (χ3n) is 3.20. The lowest BCUT2D eigenvalue weighted by Gasteiger charge is -2.14. The molecule has 0 spiro atoms. The number of nitrogens with zero attached hydrogens (tertiary/aromatic N) is 1. The third kappa shape index (κ3) is 2.85. The Labute approximate surface area is 119 Å². The average molecular weight is 293 g/mol. The second kappa shape index (κ2) is 5.66. The number of H-pyrrole nitrogens is 1. The molecule has 1 heterocycles. The predicted octanol–water partition coefficient (Wildman–Crippen LogP) is 2.64. The molecule has 0 aliphatic rings. The standard InChI is InChI=1S/C14H19N3O2S/c1-4-11-7-6-8-12(5-2)14(11)17-20(18,19)13-9-15-10(3)16-13/h6-9,17H,4-5H2,1-3H3,(H,15,16). The molecule has 1 aromatic heterocycles. The Morgan fingerprint density at radius 1 is 1.20 bits per heavy atom.